The van der Waals surface area contributed by atoms with E-state index >= 15 is 0 Å². The molecule has 0 unspecified atom stereocenters. The highest BCUT2D eigenvalue weighted by Gasteiger charge is 2.33. The van der Waals surface area contributed by atoms with Crippen LogP contribution in [0.1, 0.15) is 66.4 Å². The molecule has 4 atom stereocenters. The summed E-state index contributed by atoms with van der Waals surface area (Å²) in [5.74, 6) is 0.197. The van der Waals surface area contributed by atoms with E-state index in [0.29, 0.717) is 37.6 Å². The second kappa shape index (κ2) is 17.7. The van der Waals surface area contributed by atoms with Crippen LogP contribution >= 0.6 is 0 Å². The molecule has 11 heteroatoms. The Labute approximate surface area is 245 Å². The van der Waals surface area contributed by atoms with E-state index in [2.05, 4.69) is 29.2 Å². The highest BCUT2D eigenvalue weighted by molar-refractivity contribution is 5.83. The van der Waals surface area contributed by atoms with Gasteiger partial charge in [0, 0.05) is 37.5 Å². The van der Waals surface area contributed by atoms with Crippen molar-refractivity contribution in [3.8, 4) is 11.5 Å². The summed E-state index contributed by atoms with van der Waals surface area (Å²) in [5, 5.41) is 18.0. The smallest absolute Gasteiger partial charge is 0.224 e. The number of ether oxygens (including phenoxy) is 3. The molecule has 0 saturated carbocycles. The molecule has 4 N–H and O–H groups in total. The molecule has 0 saturated heterocycles. The lowest BCUT2D eigenvalue weighted by atomic mass is 9.80. The van der Waals surface area contributed by atoms with E-state index in [1.807, 2.05) is 32.0 Å². The molecular formula is C30H51N5O6. The summed E-state index contributed by atoms with van der Waals surface area (Å²) in [5.41, 5.74) is 14.9. The minimum atomic E-state index is -1.02. The number of hydrogen-bond donors (Lipinski definition) is 3. The second-order valence-corrected chi connectivity index (χ2v) is 12.0. The molecule has 2 amide bonds. The molecule has 0 aliphatic rings. The molecular weight excluding hydrogens is 526 g/mol. The van der Waals surface area contributed by atoms with Gasteiger partial charge in [0.05, 0.1) is 31.3 Å². The average Bonchev–Trinajstić information content (AvgIpc) is 2.91. The van der Waals surface area contributed by atoms with E-state index in [1.54, 1.807) is 28.1 Å². The van der Waals surface area contributed by atoms with Gasteiger partial charge in [-0.2, -0.15) is 0 Å². The zero-order valence-corrected chi connectivity index (χ0v) is 26.1. The molecule has 11 nitrogen and oxygen atoms in total. The average molecular weight is 578 g/mol. The Morgan fingerprint density at radius 3 is 2.32 bits per heavy atom. The SMILES string of the molecule is COCCCOc1cc(C[C@@H](C[C@@H](N=[N+]=[N-])[C@@H](O)C[C@H](C(=O)NCC(C)(C)C(N)=O)C(C)C)C(C)C)ccc1OC. The largest absolute Gasteiger partial charge is 0.493 e. The number of aliphatic hydroxyl groups excluding tert-OH is 1. The first-order valence-electron chi connectivity index (χ1n) is 14.4. The Balaban J connectivity index is 3.04. The first-order chi connectivity index (χ1) is 19.3. The Bertz CT molecular complexity index is 1010. The van der Waals surface area contributed by atoms with Crippen molar-refractivity contribution in [3.63, 3.8) is 0 Å². The maximum Gasteiger partial charge on any atom is 0.224 e. The first-order valence-corrected chi connectivity index (χ1v) is 14.4. The van der Waals surface area contributed by atoms with Gasteiger partial charge in [-0.1, -0.05) is 38.9 Å². The van der Waals surface area contributed by atoms with Crippen LogP contribution in [-0.4, -0.2) is 63.0 Å². The number of methoxy groups -OCH3 is 2. The predicted molar refractivity (Wildman–Crippen MR) is 160 cm³/mol. The zero-order chi connectivity index (χ0) is 31.2. The maximum atomic E-state index is 13.0. The topological polar surface area (TPSA) is 169 Å². The van der Waals surface area contributed by atoms with Crippen LogP contribution in [0.15, 0.2) is 23.3 Å². The van der Waals surface area contributed by atoms with E-state index in [-0.39, 0.29) is 36.6 Å². The summed E-state index contributed by atoms with van der Waals surface area (Å²) in [6, 6.07) is 5.12. The van der Waals surface area contributed by atoms with Crippen molar-refractivity contribution in [3.05, 3.63) is 34.2 Å². The fourth-order valence-corrected chi connectivity index (χ4v) is 4.52. The minimum absolute atomic E-state index is 0.0811. The lowest BCUT2D eigenvalue weighted by Crippen LogP contribution is -2.45. The van der Waals surface area contributed by atoms with E-state index in [0.717, 1.165) is 12.0 Å². The Morgan fingerprint density at radius 2 is 1.78 bits per heavy atom. The van der Waals surface area contributed by atoms with Gasteiger partial charge in [0.15, 0.2) is 11.5 Å². The number of benzene rings is 1. The molecule has 1 aromatic rings. The molecule has 0 fully saturated rings. The Kier molecular flexibility index (Phi) is 15.6. The number of carbonyl (C=O) groups excluding carboxylic acids is 2. The summed E-state index contributed by atoms with van der Waals surface area (Å²) in [6.45, 7) is 12.5. The standard InChI is InChI=1S/C30H51N5O6/c1-19(2)22(14-21-10-11-26(40-8)27(15-21)41-13-9-12-39-7)16-24(34-35-32)25(36)17-23(20(3)4)28(37)33-18-30(5,6)29(31)38/h10-11,15,19-20,22-25,36H,9,12-14,16-18H2,1-8H3,(H2,31,38)(H,33,37)/t22-,23-,24+,25-/m0/s1. The van der Waals surface area contributed by atoms with Crippen LogP contribution in [-0.2, 0) is 20.7 Å². The number of primary amides is 1. The van der Waals surface area contributed by atoms with Crippen molar-refractivity contribution >= 4 is 11.8 Å². The Hall–Kier alpha value is -3.01. The summed E-state index contributed by atoms with van der Waals surface area (Å²) in [6.07, 6.45) is 0.973. The number of carbonyl (C=O) groups is 2. The fraction of sp³-hybridized carbons (Fsp3) is 0.733. The first kappa shape index (κ1) is 36.0. The van der Waals surface area contributed by atoms with Gasteiger partial charge in [-0.15, -0.1) is 0 Å². The molecule has 0 aliphatic heterocycles. The van der Waals surface area contributed by atoms with Crippen molar-refractivity contribution in [1.29, 1.82) is 0 Å². The van der Waals surface area contributed by atoms with Gasteiger partial charge in [0.1, 0.15) is 0 Å². The zero-order valence-electron chi connectivity index (χ0n) is 26.1. The van der Waals surface area contributed by atoms with E-state index in [9.17, 15) is 20.2 Å². The van der Waals surface area contributed by atoms with Crippen molar-refractivity contribution in [2.24, 2.45) is 39.9 Å². The predicted octanol–water partition coefficient (Wildman–Crippen LogP) is 4.65. The number of nitrogens with zero attached hydrogens (tertiary/aromatic N) is 3. The molecule has 0 aromatic heterocycles. The quantitative estimate of drug-likeness (QED) is 0.0882. The molecule has 232 valence electrons. The number of hydrogen-bond acceptors (Lipinski definition) is 7. The fourth-order valence-electron chi connectivity index (χ4n) is 4.52. The van der Waals surface area contributed by atoms with Crippen molar-refractivity contribution < 1.29 is 28.9 Å². The van der Waals surface area contributed by atoms with Crippen LogP contribution in [0, 0.1) is 29.1 Å². The number of nitrogens with two attached hydrogens (primary N) is 1. The summed E-state index contributed by atoms with van der Waals surface area (Å²) >= 11 is 0. The van der Waals surface area contributed by atoms with Crippen molar-refractivity contribution in [1.82, 2.24) is 5.32 Å². The molecule has 0 spiro atoms. The van der Waals surface area contributed by atoms with E-state index in [4.69, 9.17) is 19.9 Å². The third-order valence-corrected chi connectivity index (χ3v) is 7.62. The normalized spacial score (nSPS) is 14.6. The van der Waals surface area contributed by atoms with Gasteiger partial charge in [-0.3, -0.25) is 9.59 Å². The second-order valence-electron chi connectivity index (χ2n) is 12.0. The van der Waals surface area contributed by atoms with Crippen molar-refractivity contribution in [2.75, 3.05) is 34.0 Å². The number of aliphatic hydroxyl groups is 1. The van der Waals surface area contributed by atoms with E-state index < -0.39 is 29.4 Å². The lowest BCUT2D eigenvalue weighted by molar-refractivity contribution is -0.130. The maximum absolute atomic E-state index is 13.0. The Morgan fingerprint density at radius 1 is 1.10 bits per heavy atom. The molecule has 0 bridgehead atoms. The minimum Gasteiger partial charge on any atom is -0.493 e. The summed E-state index contributed by atoms with van der Waals surface area (Å²) in [4.78, 5) is 27.7. The number of nitrogens with one attached hydrogen (secondary N) is 1. The van der Waals surface area contributed by atoms with Crippen LogP contribution < -0.4 is 20.5 Å². The van der Waals surface area contributed by atoms with E-state index in [1.165, 1.54) is 0 Å². The number of amides is 2. The molecule has 41 heavy (non-hydrogen) atoms. The number of rotatable bonds is 20. The molecule has 0 aliphatic carbocycles. The van der Waals surface area contributed by atoms with Gasteiger partial charge >= 0.3 is 0 Å². The molecule has 1 aromatic carbocycles. The van der Waals surface area contributed by atoms with Gasteiger partial charge in [-0.05, 0) is 74.1 Å². The van der Waals surface area contributed by atoms with Gasteiger partial charge in [0.2, 0.25) is 11.8 Å². The third kappa shape index (κ3) is 12.2. The van der Waals surface area contributed by atoms with Crippen molar-refractivity contribution in [2.45, 2.75) is 79.4 Å². The molecule has 0 radical (unpaired) electrons. The van der Waals surface area contributed by atoms with Gasteiger partial charge in [0.25, 0.3) is 0 Å². The summed E-state index contributed by atoms with van der Waals surface area (Å²) in [7, 11) is 3.25. The van der Waals surface area contributed by atoms with Crippen LogP contribution in [0.3, 0.4) is 0 Å². The third-order valence-electron chi connectivity index (χ3n) is 7.62. The molecule has 0 heterocycles. The molecule has 1 rings (SSSR count). The highest BCUT2D eigenvalue weighted by Crippen LogP contribution is 2.32. The van der Waals surface area contributed by atoms with Crippen LogP contribution in [0.4, 0.5) is 0 Å². The summed E-state index contributed by atoms with van der Waals surface area (Å²) < 4.78 is 16.5. The van der Waals surface area contributed by atoms with Gasteiger partial charge in [-0.25, -0.2) is 0 Å². The van der Waals surface area contributed by atoms with Crippen LogP contribution in [0.5, 0.6) is 11.5 Å². The van der Waals surface area contributed by atoms with Crippen LogP contribution in [0.2, 0.25) is 0 Å². The monoisotopic (exact) mass is 577 g/mol. The number of azide groups is 1. The van der Waals surface area contributed by atoms with Crippen LogP contribution in [0.25, 0.3) is 10.4 Å². The highest BCUT2D eigenvalue weighted by atomic mass is 16.5. The lowest BCUT2D eigenvalue weighted by Gasteiger charge is -2.30. The van der Waals surface area contributed by atoms with Gasteiger partial charge < -0.3 is 30.4 Å².